The van der Waals surface area contributed by atoms with Gasteiger partial charge in [-0.25, -0.2) is 0 Å². The van der Waals surface area contributed by atoms with E-state index >= 15 is 0 Å². The quantitative estimate of drug-likeness (QED) is 0.184. The van der Waals surface area contributed by atoms with Gasteiger partial charge in [-0.3, -0.25) is 0 Å². The molecule has 11 rings (SSSR count). The zero-order valence-corrected chi connectivity index (χ0v) is 27.9. The van der Waals surface area contributed by atoms with Crippen LogP contribution in [0.3, 0.4) is 0 Å². The largest absolute Gasteiger partial charge is 0.308 e. The lowest BCUT2D eigenvalue weighted by Crippen LogP contribution is -1.96. The van der Waals surface area contributed by atoms with E-state index in [0.29, 0.717) is 0 Å². The summed E-state index contributed by atoms with van der Waals surface area (Å²) in [6, 6.07) is 65.0. The molecule has 0 fully saturated rings. The van der Waals surface area contributed by atoms with Crippen molar-refractivity contribution >= 4 is 65.9 Å². The molecule has 50 heavy (non-hydrogen) atoms. The highest BCUT2D eigenvalue weighted by Crippen LogP contribution is 2.51. The fourth-order valence-electron chi connectivity index (χ4n) is 8.46. The van der Waals surface area contributed by atoms with Gasteiger partial charge in [0, 0.05) is 42.4 Å². The molecule has 9 aromatic carbocycles. The molecule has 0 atom stereocenters. The van der Waals surface area contributed by atoms with E-state index in [-0.39, 0.29) is 0 Å². The first-order chi connectivity index (χ1) is 24.8. The van der Waals surface area contributed by atoms with Gasteiger partial charge in [0.15, 0.2) is 0 Å². The number of rotatable bonds is 3. The third kappa shape index (κ3) is 3.91. The van der Waals surface area contributed by atoms with Crippen molar-refractivity contribution in [1.82, 2.24) is 4.57 Å². The highest BCUT2D eigenvalue weighted by atomic mass is 32.2. The van der Waals surface area contributed by atoms with E-state index < -0.39 is 0 Å². The molecule has 0 radical (unpaired) electrons. The van der Waals surface area contributed by atoms with Crippen LogP contribution >= 0.6 is 11.8 Å². The molecular formula is C48H29NS. The van der Waals surface area contributed by atoms with Crippen LogP contribution in [0.1, 0.15) is 0 Å². The van der Waals surface area contributed by atoms with Crippen LogP contribution in [0.25, 0.3) is 93.2 Å². The van der Waals surface area contributed by atoms with Crippen LogP contribution in [0, 0.1) is 0 Å². The lowest BCUT2D eigenvalue weighted by atomic mass is 9.87. The minimum absolute atomic E-state index is 1.17. The molecule has 1 aromatic heterocycles. The van der Waals surface area contributed by atoms with E-state index in [0.717, 1.165) is 0 Å². The van der Waals surface area contributed by atoms with E-state index in [9.17, 15) is 0 Å². The molecular weight excluding hydrogens is 623 g/mol. The van der Waals surface area contributed by atoms with Crippen LogP contribution in [0.5, 0.6) is 0 Å². The first kappa shape index (κ1) is 27.8. The Morgan fingerprint density at radius 3 is 1.80 bits per heavy atom. The Balaban J connectivity index is 1.24. The number of para-hydroxylation sites is 1. The Labute approximate surface area is 294 Å². The predicted octanol–water partition coefficient (Wildman–Crippen LogP) is 13.7. The average Bonchev–Trinajstić information content (AvgIpc) is 3.53. The molecule has 2 heteroatoms. The van der Waals surface area contributed by atoms with Crippen LogP contribution in [0.4, 0.5) is 0 Å². The number of aromatic nitrogens is 1. The van der Waals surface area contributed by atoms with Crippen molar-refractivity contribution in [2.45, 2.75) is 9.79 Å². The SMILES string of the molecule is c1ccc(-n2c3c4ccccc4ccc3c3cc(-c4ccccc4-c4ccc5c6c(cccc46)-c4ccccc4S5)c4ccccc4c32)cc1. The molecule has 0 saturated heterocycles. The fraction of sp³-hybridized carbons (Fsp3) is 0. The molecule has 0 saturated carbocycles. The number of hydrogen-bond acceptors (Lipinski definition) is 1. The molecule has 2 heterocycles. The van der Waals surface area contributed by atoms with E-state index in [1.54, 1.807) is 0 Å². The monoisotopic (exact) mass is 651 g/mol. The van der Waals surface area contributed by atoms with Gasteiger partial charge in [-0.15, -0.1) is 0 Å². The summed E-state index contributed by atoms with van der Waals surface area (Å²) in [5.74, 6) is 0. The number of nitrogens with zero attached hydrogens (tertiary/aromatic N) is 1. The first-order valence-corrected chi connectivity index (χ1v) is 18.0. The van der Waals surface area contributed by atoms with Crippen LogP contribution in [-0.2, 0) is 0 Å². The van der Waals surface area contributed by atoms with Gasteiger partial charge in [0.05, 0.1) is 11.0 Å². The topological polar surface area (TPSA) is 4.93 Å². The maximum absolute atomic E-state index is 2.49. The van der Waals surface area contributed by atoms with E-state index in [1.165, 1.54) is 103 Å². The zero-order chi connectivity index (χ0) is 32.8. The molecule has 0 unspecified atom stereocenters. The van der Waals surface area contributed by atoms with Gasteiger partial charge in [-0.1, -0.05) is 157 Å². The Bertz CT molecular complexity index is 3010. The second kappa shape index (κ2) is 10.7. The van der Waals surface area contributed by atoms with Crippen molar-refractivity contribution in [3.63, 3.8) is 0 Å². The number of fused-ring (bicyclic) bond motifs is 9. The summed E-state index contributed by atoms with van der Waals surface area (Å²) in [4.78, 5) is 2.64. The molecule has 0 spiro atoms. The Morgan fingerprint density at radius 1 is 0.320 bits per heavy atom. The smallest absolute Gasteiger partial charge is 0.0620 e. The van der Waals surface area contributed by atoms with Crippen molar-refractivity contribution in [3.8, 4) is 39.1 Å². The molecule has 1 aliphatic heterocycles. The lowest BCUT2D eigenvalue weighted by molar-refractivity contribution is 1.19. The summed E-state index contributed by atoms with van der Waals surface area (Å²) in [6.45, 7) is 0. The molecule has 0 amide bonds. The Morgan fingerprint density at radius 2 is 0.940 bits per heavy atom. The van der Waals surface area contributed by atoms with Crippen molar-refractivity contribution < 1.29 is 0 Å². The molecule has 1 aliphatic rings. The molecule has 0 N–H and O–H groups in total. The predicted molar refractivity (Wildman–Crippen MR) is 214 cm³/mol. The van der Waals surface area contributed by atoms with Crippen LogP contribution < -0.4 is 0 Å². The minimum atomic E-state index is 1.17. The Hall–Kier alpha value is -6.09. The second-order valence-electron chi connectivity index (χ2n) is 13.2. The normalized spacial score (nSPS) is 12.3. The molecule has 0 aliphatic carbocycles. The van der Waals surface area contributed by atoms with Gasteiger partial charge in [-0.05, 0) is 79.9 Å². The summed E-state index contributed by atoms with van der Waals surface area (Å²) in [7, 11) is 0. The molecule has 10 aromatic rings. The standard InChI is InChI=1S/C48H29NS/c1-2-14-31(15-3-1)49-47-32-16-5-4-13-30(32)25-26-41(47)43-29-42(35-19-8-9-21-40(35)48(43)49)34-18-7-6-17-33(34)36-27-28-45-46-38(36)22-12-23-39(46)37-20-10-11-24-44(37)50-45/h1-29H. The summed E-state index contributed by atoms with van der Waals surface area (Å²) >= 11 is 1.88. The Kier molecular flexibility index (Phi) is 5.96. The van der Waals surface area contributed by atoms with Crippen LogP contribution in [-0.4, -0.2) is 4.57 Å². The summed E-state index contributed by atoms with van der Waals surface area (Å²) in [5, 5.41) is 10.2. The van der Waals surface area contributed by atoms with Crippen molar-refractivity contribution in [1.29, 1.82) is 0 Å². The molecule has 1 nitrogen and oxygen atoms in total. The van der Waals surface area contributed by atoms with Gasteiger partial charge in [0.2, 0.25) is 0 Å². The maximum Gasteiger partial charge on any atom is 0.0620 e. The van der Waals surface area contributed by atoms with Crippen molar-refractivity contribution in [2.75, 3.05) is 0 Å². The molecule has 0 bridgehead atoms. The van der Waals surface area contributed by atoms with Crippen LogP contribution in [0.15, 0.2) is 186 Å². The second-order valence-corrected chi connectivity index (χ2v) is 14.3. The lowest BCUT2D eigenvalue weighted by Gasteiger charge is -2.22. The molecule has 232 valence electrons. The van der Waals surface area contributed by atoms with Crippen molar-refractivity contribution in [2.24, 2.45) is 0 Å². The number of benzene rings is 9. The minimum Gasteiger partial charge on any atom is -0.308 e. The first-order valence-electron chi connectivity index (χ1n) is 17.2. The van der Waals surface area contributed by atoms with Gasteiger partial charge in [-0.2, -0.15) is 0 Å². The highest BCUT2D eigenvalue weighted by Gasteiger charge is 2.23. The van der Waals surface area contributed by atoms with E-state index in [4.69, 9.17) is 0 Å². The number of hydrogen-bond donors (Lipinski definition) is 0. The van der Waals surface area contributed by atoms with Gasteiger partial charge >= 0.3 is 0 Å². The summed E-state index contributed by atoms with van der Waals surface area (Å²) in [6.07, 6.45) is 0. The zero-order valence-electron chi connectivity index (χ0n) is 27.1. The van der Waals surface area contributed by atoms with Crippen LogP contribution in [0.2, 0.25) is 0 Å². The maximum atomic E-state index is 2.49. The van der Waals surface area contributed by atoms with E-state index in [2.05, 4.69) is 180 Å². The van der Waals surface area contributed by atoms with Gasteiger partial charge < -0.3 is 4.57 Å². The third-order valence-electron chi connectivity index (χ3n) is 10.6. The van der Waals surface area contributed by atoms with Gasteiger partial charge in [0.1, 0.15) is 0 Å². The summed E-state index contributed by atoms with van der Waals surface area (Å²) in [5.41, 5.74) is 11.3. The average molecular weight is 652 g/mol. The third-order valence-corrected chi connectivity index (χ3v) is 11.7. The highest BCUT2D eigenvalue weighted by molar-refractivity contribution is 7.99. The van der Waals surface area contributed by atoms with E-state index in [1.807, 2.05) is 11.8 Å². The van der Waals surface area contributed by atoms with Crippen molar-refractivity contribution in [3.05, 3.63) is 176 Å². The van der Waals surface area contributed by atoms with Gasteiger partial charge in [0.25, 0.3) is 0 Å². The summed E-state index contributed by atoms with van der Waals surface area (Å²) < 4.78 is 2.49. The fourth-order valence-corrected chi connectivity index (χ4v) is 9.59.